The van der Waals surface area contributed by atoms with Crippen molar-refractivity contribution in [1.29, 1.82) is 0 Å². The standard InChI is InChI=1S/C23H28N2O5S/c1-4-6-12-30-17-9-7-8-16(13-17)21(27)24-22-20(23(28)29-5-2)18-10-11-25(15(3)26)14-19(18)31-22/h7-9,13H,4-6,10-12,14H2,1-3H3,(H,24,27). The van der Waals surface area contributed by atoms with Gasteiger partial charge in [0.2, 0.25) is 5.91 Å². The van der Waals surface area contributed by atoms with E-state index in [0.717, 1.165) is 23.3 Å². The average Bonchev–Trinajstić information content (AvgIpc) is 3.11. The number of carbonyl (C=O) groups is 3. The van der Waals surface area contributed by atoms with Crippen molar-refractivity contribution in [2.75, 3.05) is 25.1 Å². The van der Waals surface area contributed by atoms with Crippen molar-refractivity contribution in [2.45, 2.75) is 46.6 Å². The maximum absolute atomic E-state index is 12.9. The molecule has 0 unspecified atom stereocenters. The Balaban J connectivity index is 1.85. The van der Waals surface area contributed by atoms with E-state index in [0.29, 0.717) is 48.0 Å². The molecule has 8 heteroatoms. The van der Waals surface area contributed by atoms with Gasteiger partial charge in [-0.3, -0.25) is 9.59 Å². The molecule has 2 aromatic rings. The van der Waals surface area contributed by atoms with Gasteiger partial charge in [0.1, 0.15) is 10.8 Å². The lowest BCUT2D eigenvalue weighted by Gasteiger charge is -2.25. The van der Waals surface area contributed by atoms with Gasteiger partial charge in [-0.25, -0.2) is 4.79 Å². The summed E-state index contributed by atoms with van der Waals surface area (Å²) in [6.45, 7) is 7.17. The van der Waals surface area contributed by atoms with Gasteiger partial charge < -0.3 is 19.7 Å². The number of fused-ring (bicyclic) bond motifs is 1. The Labute approximate surface area is 186 Å². The number of rotatable bonds is 8. The van der Waals surface area contributed by atoms with Crippen LogP contribution in [-0.4, -0.2) is 42.4 Å². The first-order valence-corrected chi connectivity index (χ1v) is 11.4. The predicted octanol–water partition coefficient (Wildman–Crippen LogP) is 4.26. The molecule has 0 fully saturated rings. The van der Waals surface area contributed by atoms with Crippen LogP contribution in [-0.2, 0) is 22.5 Å². The number of nitrogens with zero attached hydrogens (tertiary/aromatic N) is 1. The highest BCUT2D eigenvalue weighted by Crippen LogP contribution is 2.38. The summed E-state index contributed by atoms with van der Waals surface area (Å²) in [6.07, 6.45) is 2.52. The molecular weight excluding hydrogens is 416 g/mol. The number of anilines is 1. The molecule has 0 radical (unpaired) electrons. The number of thiophene rings is 1. The highest BCUT2D eigenvalue weighted by atomic mass is 32.1. The van der Waals surface area contributed by atoms with E-state index in [1.807, 2.05) is 6.07 Å². The zero-order valence-corrected chi connectivity index (χ0v) is 19.0. The molecule has 1 aromatic carbocycles. The van der Waals surface area contributed by atoms with Gasteiger partial charge >= 0.3 is 5.97 Å². The van der Waals surface area contributed by atoms with E-state index in [1.165, 1.54) is 18.3 Å². The molecule has 1 aliphatic heterocycles. The minimum absolute atomic E-state index is 0.0118. The van der Waals surface area contributed by atoms with Crippen molar-refractivity contribution in [2.24, 2.45) is 0 Å². The molecule has 1 aliphatic rings. The predicted molar refractivity (Wildman–Crippen MR) is 120 cm³/mol. The quantitative estimate of drug-likeness (QED) is 0.486. The van der Waals surface area contributed by atoms with Gasteiger partial charge in [-0.1, -0.05) is 19.4 Å². The summed E-state index contributed by atoms with van der Waals surface area (Å²) in [4.78, 5) is 40.0. The van der Waals surface area contributed by atoms with Crippen LogP contribution < -0.4 is 10.1 Å². The van der Waals surface area contributed by atoms with Crippen LogP contribution in [0, 0.1) is 0 Å². The molecule has 0 saturated carbocycles. The summed E-state index contributed by atoms with van der Waals surface area (Å²) in [7, 11) is 0. The van der Waals surface area contributed by atoms with Crippen LogP contribution in [0.3, 0.4) is 0 Å². The molecule has 1 aromatic heterocycles. The number of amides is 2. The van der Waals surface area contributed by atoms with Crippen LogP contribution in [0.4, 0.5) is 5.00 Å². The number of esters is 1. The Morgan fingerprint density at radius 1 is 1.23 bits per heavy atom. The van der Waals surface area contributed by atoms with E-state index < -0.39 is 5.97 Å². The lowest BCUT2D eigenvalue weighted by molar-refractivity contribution is -0.129. The maximum Gasteiger partial charge on any atom is 0.341 e. The van der Waals surface area contributed by atoms with Crippen LogP contribution in [0.25, 0.3) is 0 Å². The molecule has 0 spiro atoms. The Morgan fingerprint density at radius 2 is 2.03 bits per heavy atom. The van der Waals surface area contributed by atoms with E-state index in [-0.39, 0.29) is 18.4 Å². The minimum atomic E-state index is -0.455. The molecule has 2 heterocycles. The van der Waals surface area contributed by atoms with Crippen LogP contribution in [0.15, 0.2) is 24.3 Å². The first-order valence-electron chi connectivity index (χ1n) is 10.6. The van der Waals surface area contributed by atoms with Crippen LogP contribution in [0.2, 0.25) is 0 Å². The molecule has 0 saturated heterocycles. The van der Waals surface area contributed by atoms with Gasteiger partial charge in [0.15, 0.2) is 0 Å². The topological polar surface area (TPSA) is 84.9 Å². The number of hydrogen-bond acceptors (Lipinski definition) is 6. The number of benzene rings is 1. The van der Waals surface area contributed by atoms with Crippen molar-refractivity contribution in [3.8, 4) is 5.75 Å². The van der Waals surface area contributed by atoms with Gasteiger partial charge in [-0.15, -0.1) is 11.3 Å². The van der Waals surface area contributed by atoms with E-state index in [4.69, 9.17) is 9.47 Å². The number of nitrogens with one attached hydrogen (secondary N) is 1. The fourth-order valence-electron chi connectivity index (χ4n) is 3.42. The van der Waals surface area contributed by atoms with Crippen molar-refractivity contribution in [3.05, 3.63) is 45.8 Å². The Bertz CT molecular complexity index is 969. The van der Waals surface area contributed by atoms with Crippen LogP contribution in [0.5, 0.6) is 5.75 Å². The van der Waals surface area contributed by atoms with E-state index in [2.05, 4.69) is 12.2 Å². The molecule has 166 valence electrons. The van der Waals surface area contributed by atoms with Gasteiger partial charge in [0.25, 0.3) is 5.91 Å². The fourth-order valence-corrected chi connectivity index (χ4v) is 4.66. The van der Waals surface area contributed by atoms with Crippen LogP contribution >= 0.6 is 11.3 Å². The summed E-state index contributed by atoms with van der Waals surface area (Å²) < 4.78 is 10.9. The monoisotopic (exact) mass is 444 g/mol. The third-order valence-corrected chi connectivity index (χ3v) is 6.20. The summed E-state index contributed by atoms with van der Waals surface area (Å²) in [5.74, 6) is -0.159. The number of unbranched alkanes of at least 4 members (excludes halogenated alkanes) is 1. The molecule has 31 heavy (non-hydrogen) atoms. The van der Waals surface area contributed by atoms with Gasteiger partial charge in [0.05, 0.1) is 25.3 Å². The molecule has 2 amide bonds. The second-order valence-corrected chi connectivity index (χ2v) is 8.41. The summed E-state index contributed by atoms with van der Waals surface area (Å²) in [5, 5.41) is 3.34. The maximum atomic E-state index is 12.9. The lowest BCUT2D eigenvalue weighted by atomic mass is 10.0. The van der Waals surface area contributed by atoms with Gasteiger partial charge in [-0.2, -0.15) is 0 Å². The molecule has 1 N–H and O–H groups in total. The Morgan fingerprint density at radius 3 is 2.74 bits per heavy atom. The lowest BCUT2D eigenvalue weighted by Crippen LogP contribution is -2.34. The normalized spacial score (nSPS) is 12.8. The van der Waals surface area contributed by atoms with Crippen molar-refractivity contribution >= 4 is 34.1 Å². The molecular formula is C23H28N2O5S. The number of ether oxygens (including phenoxy) is 2. The van der Waals surface area contributed by atoms with Crippen molar-refractivity contribution in [1.82, 2.24) is 4.90 Å². The smallest absolute Gasteiger partial charge is 0.341 e. The molecule has 0 bridgehead atoms. The Hall–Kier alpha value is -2.87. The van der Waals surface area contributed by atoms with E-state index in [1.54, 1.807) is 30.0 Å². The summed E-state index contributed by atoms with van der Waals surface area (Å²) in [5.41, 5.74) is 1.70. The highest BCUT2D eigenvalue weighted by Gasteiger charge is 2.30. The zero-order chi connectivity index (χ0) is 22.4. The number of carbonyl (C=O) groups excluding carboxylic acids is 3. The highest BCUT2D eigenvalue weighted by molar-refractivity contribution is 7.17. The minimum Gasteiger partial charge on any atom is -0.494 e. The molecule has 0 atom stereocenters. The van der Waals surface area contributed by atoms with E-state index >= 15 is 0 Å². The summed E-state index contributed by atoms with van der Waals surface area (Å²) in [6, 6.07) is 6.99. The summed E-state index contributed by atoms with van der Waals surface area (Å²) >= 11 is 1.32. The van der Waals surface area contributed by atoms with Gasteiger partial charge in [0, 0.05) is 23.9 Å². The third kappa shape index (κ3) is 5.44. The van der Waals surface area contributed by atoms with Gasteiger partial charge in [-0.05, 0) is 43.5 Å². The number of hydrogen-bond donors (Lipinski definition) is 1. The van der Waals surface area contributed by atoms with E-state index in [9.17, 15) is 14.4 Å². The Kier molecular flexibility index (Phi) is 7.68. The van der Waals surface area contributed by atoms with Crippen molar-refractivity contribution in [3.63, 3.8) is 0 Å². The fraction of sp³-hybridized carbons (Fsp3) is 0.435. The SMILES string of the molecule is CCCCOc1cccc(C(=O)Nc2sc3c(c2C(=O)OCC)CCN(C(C)=O)C3)c1. The second-order valence-electron chi connectivity index (χ2n) is 7.30. The molecule has 3 rings (SSSR count). The third-order valence-electron chi connectivity index (χ3n) is 5.07. The molecule has 0 aliphatic carbocycles. The molecule has 7 nitrogen and oxygen atoms in total. The first-order chi connectivity index (χ1) is 14.9. The first kappa shape index (κ1) is 22.8. The average molecular weight is 445 g/mol. The largest absolute Gasteiger partial charge is 0.494 e. The van der Waals surface area contributed by atoms with Crippen molar-refractivity contribution < 1.29 is 23.9 Å². The zero-order valence-electron chi connectivity index (χ0n) is 18.2. The second kappa shape index (κ2) is 10.4. The van der Waals surface area contributed by atoms with Crippen LogP contribution in [0.1, 0.15) is 64.8 Å².